The molecular formula is C43H52N4O6. The summed E-state index contributed by atoms with van der Waals surface area (Å²) in [4.78, 5) is 39.2. The van der Waals surface area contributed by atoms with Crippen LogP contribution in [0.3, 0.4) is 0 Å². The average Bonchev–Trinajstić information content (AvgIpc) is 3.72. The molecule has 10 nitrogen and oxygen atoms in total. The van der Waals surface area contributed by atoms with Crippen LogP contribution < -0.4 is 4.90 Å². The summed E-state index contributed by atoms with van der Waals surface area (Å²) < 4.78 is 11.3. The number of benzene rings is 2. The maximum Gasteiger partial charge on any atom is 0.316 e. The van der Waals surface area contributed by atoms with Crippen molar-refractivity contribution in [3.63, 3.8) is 0 Å². The number of para-hydroxylation sites is 1. The molecule has 4 saturated heterocycles. The molecule has 6 bridgehead atoms. The monoisotopic (exact) mass is 720 g/mol. The number of fused-ring (bicyclic) bond motifs is 8. The Morgan fingerprint density at radius 2 is 1.79 bits per heavy atom. The molecule has 5 aliphatic heterocycles. The van der Waals surface area contributed by atoms with Crippen LogP contribution >= 0.6 is 0 Å². The first kappa shape index (κ1) is 34.8. The third-order valence-electron chi connectivity index (χ3n) is 15.1. The summed E-state index contributed by atoms with van der Waals surface area (Å²) in [5.41, 5.74) is 6.16. The van der Waals surface area contributed by atoms with Crippen LogP contribution in [0.5, 0.6) is 0 Å². The number of methoxy groups -OCH3 is 2. The number of aromatic amines is 1. The summed E-state index contributed by atoms with van der Waals surface area (Å²) in [6.07, 6.45) is 5.97. The van der Waals surface area contributed by atoms with E-state index in [-0.39, 0.29) is 42.3 Å². The fourth-order valence-electron chi connectivity index (χ4n) is 13.1. The lowest BCUT2D eigenvalue weighted by Crippen LogP contribution is -2.73. The second-order valence-corrected chi connectivity index (χ2v) is 16.5. The quantitative estimate of drug-likeness (QED) is 0.265. The number of allylic oxidation sites excluding steroid dienone is 2. The predicted molar refractivity (Wildman–Crippen MR) is 202 cm³/mol. The van der Waals surface area contributed by atoms with Gasteiger partial charge in [0.2, 0.25) is 0 Å². The largest absolute Gasteiger partial charge is 0.469 e. The molecule has 3 N–H and O–H groups in total. The summed E-state index contributed by atoms with van der Waals surface area (Å²) >= 11 is 0. The molecule has 10 atom stereocenters. The Hall–Kier alpha value is -3.96. The van der Waals surface area contributed by atoms with E-state index in [9.17, 15) is 19.8 Å². The van der Waals surface area contributed by atoms with Gasteiger partial charge in [-0.2, -0.15) is 0 Å². The molecule has 1 saturated carbocycles. The van der Waals surface area contributed by atoms with Gasteiger partial charge in [0.1, 0.15) is 11.1 Å². The van der Waals surface area contributed by atoms with Crippen molar-refractivity contribution in [3.05, 3.63) is 88.1 Å². The van der Waals surface area contributed by atoms with Gasteiger partial charge in [-0.05, 0) is 81.3 Å². The van der Waals surface area contributed by atoms with Crippen molar-refractivity contribution < 1.29 is 29.3 Å². The fourth-order valence-corrected chi connectivity index (χ4v) is 13.1. The van der Waals surface area contributed by atoms with Crippen molar-refractivity contribution >= 4 is 28.5 Å². The van der Waals surface area contributed by atoms with Crippen molar-refractivity contribution in [1.29, 1.82) is 0 Å². The van der Waals surface area contributed by atoms with Crippen LogP contribution in [0.2, 0.25) is 0 Å². The topological polar surface area (TPSA) is 119 Å². The van der Waals surface area contributed by atoms with Gasteiger partial charge < -0.3 is 29.6 Å². The van der Waals surface area contributed by atoms with Crippen molar-refractivity contribution in [2.75, 3.05) is 59.5 Å². The van der Waals surface area contributed by atoms with E-state index < -0.39 is 28.5 Å². The van der Waals surface area contributed by atoms with E-state index in [1.807, 2.05) is 27.0 Å². The van der Waals surface area contributed by atoms with E-state index in [0.29, 0.717) is 32.4 Å². The Morgan fingerprint density at radius 1 is 1.02 bits per heavy atom. The van der Waals surface area contributed by atoms with Gasteiger partial charge in [0, 0.05) is 66.8 Å². The summed E-state index contributed by atoms with van der Waals surface area (Å²) in [6, 6.07) is 14.8. The van der Waals surface area contributed by atoms with Crippen molar-refractivity contribution in [1.82, 2.24) is 14.8 Å². The molecule has 6 heterocycles. The highest BCUT2D eigenvalue weighted by Gasteiger charge is 2.78. The molecule has 1 spiro atoms. The number of aliphatic hydroxyl groups excluding tert-OH is 2. The zero-order valence-electron chi connectivity index (χ0n) is 31.7. The van der Waals surface area contributed by atoms with Crippen LogP contribution in [0, 0.1) is 23.2 Å². The number of hydrogen-bond donors (Lipinski definition) is 3. The minimum absolute atomic E-state index is 0.135. The number of hydrogen-bond acceptors (Lipinski definition) is 9. The first-order chi connectivity index (χ1) is 25.6. The minimum Gasteiger partial charge on any atom is -0.469 e. The molecule has 2 aliphatic carbocycles. The van der Waals surface area contributed by atoms with E-state index in [0.717, 1.165) is 57.5 Å². The number of esters is 2. The van der Waals surface area contributed by atoms with Gasteiger partial charge in [-0.25, -0.2) is 0 Å². The van der Waals surface area contributed by atoms with Crippen molar-refractivity contribution in [2.24, 2.45) is 23.2 Å². The van der Waals surface area contributed by atoms with Crippen molar-refractivity contribution in [2.45, 2.75) is 68.7 Å². The number of likely N-dealkylation sites (tertiary alicyclic amines) is 1. The van der Waals surface area contributed by atoms with Crippen LogP contribution in [-0.4, -0.2) is 109 Å². The minimum atomic E-state index is -1.17. The molecule has 7 aliphatic rings. The number of piperidine rings is 1. The Labute approximate surface area is 311 Å². The molecule has 0 radical (unpaired) electrons. The second-order valence-electron chi connectivity index (χ2n) is 16.5. The number of carbonyl (C=O) groups excluding carboxylic acids is 2. The van der Waals surface area contributed by atoms with Crippen LogP contribution in [-0.2, 0) is 30.9 Å². The van der Waals surface area contributed by atoms with Crippen LogP contribution in [0.4, 0.5) is 5.69 Å². The molecule has 10 rings (SSSR count). The number of carbonyl (C=O) groups is 2. The first-order valence-corrected chi connectivity index (χ1v) is 19.3. The first-order valence-electron chi connectivity index (χ1n) is 19.3. The number of H-pyrrole nitrogens is 1. The van der Waals surface area contributed by atoms with Crippen LogP contribution in [0.25, 0.3) is 10.9 Å². The molecule has 10 heteroatoms. The SMILES string of the molecule is C/C=C1/CN2CC[C@@]34c5cc([C@@H]6C[C@H]7/C(=C\C)CN(C)[C@@H](Cc8c6[nH]c6ccccc86)[C@@]7(CO)C(=O)OC)ccc5N(C)[C@@]23[C@@H](O)C[C@@H]1[C@H]4C(=O)OC. The van der Waals surface area contributed by atoms with E-state index >= 15 is 0 Å². The highest BCUT2D eigenvalue weighted by molar-refractivity contribution is 5.87. The molecule has 280 valence electrons. The third kappa shape index (κ3) is 4.08. The molecule has 1 aromatic heterocycles. The van der Waals surface area contributed by atoms with Gasteiger partial charge in [-0.15, -0.1) is 0 Å². The van der Waals surface area contributed by atoms with Crippen molar-refractivity contribution in [3.8, 4) is 0 Å². The average molecular weight is 721 g/mol. The third-order valence-corrected chi connectivity index (χ3v) is 15.1. The fraction of sp³-hybridized carbons (Fsp3) is 0.535. The Kier molecular flexibility index (Phi) is 7.89. The van der Waals surface area contributed by atoms with Gasteiger partial charge in [-0.3, -0.25) is 19.4 Å². The summed E-state index contributed by atoms with van der Waals surface area (Å²) in [6.45, 7) is 5.91. The smallest absolute Gasteiger partial charge is 0.316 e. The number of anilines is 1. The maximum absolute atomic E-state index is 14.2. The lowest BCUT2D eigenvalue weighted by atomic mass is 9.53. The molecule has 3 aromatic rings. The second kappa shape index (κ2) is 12.0. The van der Waals surface area contributed by atoms with E-state index in [4.69, 9.17) is 9.47 Å². The van der Waals surface area contributed by atoms with E-state index in [2.05, 4.69) is 75.3 Å². The van der Waals surface area contributed by atoms with Gasteiger partial charge >= 0.3 is 11.9 Å². The van der Waals surface area contributed by atoms with Gasteiger partial charge in [0.05, 0.1) is 38.3 Å². The van der Waals surface area contributed by atoms with Crippen LogP contribution in [0.1, 0.15) is 61.4 Å². The maximum atomic E-state index is 14.2. The lowest BCUT2D eigenvalue weighted by molar-refractivity contribution is -0.169. The Balaban J connectivity index is 1.30. The van der Waals surface area contributed by atoms with E-state index in [1.54, 1.807) is 0 Å². The highest BCUT2D eigenvalue weighted by Crippen LogP contribution is 2.70. The highest BCUT2D eigenvalue weighted by atomic mass is 16.5. The number of nitrogens with one attached hydrogen (secondary N) is 1. The molecule has 2 aromatic carbocycles. The van der Waals surface area contributed by atoms with Gasteiger partial charge in [0.15, 0.2) is 0 Å². The normalized spacial score (nSPS) is 38.6. The summed E-state index contributed by atoms with van der Waals surface area (Å²) in [5.74, 6) is -1.65. The number of nitrogens with zero attached hydrogens (tertiary/aromatic N) is 3. The Bertz CT molecular complexity index is 2090. The van der Waals surface area contributed by atoms with Gasteiger partial charge in [-0.1, -0.05) is 53.6 Å². The number of rotatable bonds is 4. The molecule has 53 heavy (non-hydrogen) atoms. The molecule has 1 unspecified atom stereocenters. The zero-order valence-corrected chi connectivity index (χ0v) is 31.7. The molecular weight excluding hydrogens is 668 g/mol. The number of likely N-dealkylation sites (N-methyl/N-ethyl adjacent to an activating group) is 2. The molecule has 5 fully saturated rings. The standard InChI is InChI=1S/C43H52N4O6/c1-7-24-22-47-16-15-42-32-17-26(13-14-34(32)46(4)43(42,47)36(49)20-28(24)37(42)39(50)52-5)29-18-31-25(8-2)21-45(3)35(41(31,23-48)40(51)53-6)19-30-27-11-9-10-12-33(27)44-38(29)30/h7-14,17,28-29,31,35-37,44,48-49H,15-16,18-23H2,1-6H3/b24-7-,25-8-/t28-,29-,31-,35-,36-,37-,41-,42-,43-/m0/s1. The zero-order chi connectivity index (χ0) is 37.2. The number of aromatic nitrogens is 1. The summed E-state index contributed by atoms with van der Waals surface area (Å²) in [7, 11) is 7.06. The van der Waals surface area contributed by atoms with Gasteiger partial charge in [0.25, 0.3) is 0 Å². The lowest BCUT2D eigenvalue weighted by Gasteiger charge is -2.56. The van der Waals surface area contributed by atoms with E-state index in [1.165, 1.54) is 19.8 Å². The van der Waals surface area contributed by atoms with Crippen LogP contribution in [0.15, 0.2) is 65.8 Å². The number of aliphatic hydroxyl groups is 2. The summed E-state index contributed by atoms with van der Waals surface area (Å²) in [5, 5.41) is 24.9. The predicted octanol–water partition coefficient (Wildman–Crippen LogP) is 4.49. The Morgan fingerprint density at radius 3 is 2.51 bits per heavy atom. The number of ether oxygens (including phenoxy) is 2. The molecule has 0 amide bonds.